The number of carbonyl (C=O) groups is 1. The van der Waals surface area contributed by atoms with Crippen LogP contribution in [0.5, 0.6) is 11.5 Å². The molecule has 5 aromatic rings. The van der Waals surface area contributed by atoms with Gasteiger partial charge in [-0.25, -0.2) is 4.98 Å². The Labute approximate surface area is 345 Å². The molecular formula is C42H53N5O10PSi+. The first kappa shape index (κ1) is 43.8. The first-order chi connectivity index (χ1) is 28.0. The lowest BCUT2D eigenvalue weighted by atomic mass is 9.80. The molecule has 6 rings (SSSR count). The Hall–Kier alpha value is -4.80. The topological polar surface area (TPSA) is 174 Å². The third-order valence-electron chi connectivity index (χ3n) is 11.0. The van der Waals surface area contributed by atoms with Crippen LogP contribution in [0.25, 0.3) is 11.2 Å². The maximum absolute atomic E-state index is 13.3. The molecule has 1 fully saturated rings. The van der Waals surface area contributed by atoms with E-state index in [-0.39, 0.29) is 40.6 Å². The molecule has 59 heavy (non-hydrogen) atoms. The van der Waals surface area contributed by atoms with E-state index in [0.29, 0.717) is 11.5 Å². The monoisotopic (exact) mass is 846 g/mol. The molecule has 1 aliphatic rings. The van der Waals surface area contributed by atoms with Crippen molar-refractivity contribution in [2.75, 3.05) is 33.3 Å². The summed E-state index contributed by atoms with van der Waals surface area (Å²) >= 11 is 0. The van der Waals surface area contributed by atoms with Crippen LogP contribution in [0.2, 0.25) is 18.1 Å². The van der Waals surface area contributed by atoms with E-state index < -0.39 is 52.3 Å². The summed E-state index contributed by atoms with van der Waals surface area (Å²) in [5, 5.41) is 2.40. The minimum absolute atomic E-state index is 0.0180. The number of imidazole rings is 1. The smallest absolute Gasteiger partial charge is 0.497 e. The first-order valence-corrected chi connectivity index (χ1v) is 23.3. The summed E-state index contributed by atoms with van der Waals surface area (Å²) in [6.07, 6.45) is -2.49. The zero-order valence-corrected chi connectivity index (χ0v) is 36.9. The number of rotatable bonds is 16. The van der Waals surface area contributed by atoms with E-state index in [1.807, 2.05) is 78.9 Å². The van der Waals surface area contributed by atoms with Crippen LogP contribution < -0.4 is 20.3 Å². The maximum Gasteiger partial charge on any atom is 0.697 e. The number of aromatic nitrogens is 4. The SMILES string of the molecule is COc1ccc(C(OC[C@H]2O[C@@H](n3cnc4c(=O)[nH]c(NC(=O)C(C)C)nc43)[C@H](O[Si](C)(C)C(C)(C)C)[C@@H]2O[P+](=O)OC)(c2ccccc2)c2ccc(OC)cc2)cc1. The fourth-order valence-electron chi connectivity index (χ4n) is 6.69. The van der Waals surface area contributed by atoms with Gasteiger partial charge in [0.25, 0.3) is 5.56 Å². The van der Waals surface area contributed by atoms with Crippen molar-refractivity contribution in [1.82, 2.24) is 19.5 Å². The van der Waals surface area contributed by atoms with E-state index in [0.717, 1.165) is 16.7 Å². The summed E-state index contributed by atoms with van der Waals surface area (Å²) < 4.78 is 58.6. The van der Waals surface area contributed by atoms with Gasteiger partial charge < -0.3 is 23.4 Å². The van der Waals surface area contributed by atoms with Gasteiger partial charge in [-0.2, -0.15) is 4.98 Å². The standard InChI is InChI=1S/C42H52N5O10PSi/c1-26(2)37(48)45-40-44-36-33(38(49)46-40)43-25-47(36)39-35(57-59(9,10)41(3,4)5)34(56-58(50)53-8)32(55-39)24-54-42(27-14-12-11-13-15-27,28-16-20-30(51-6)21-17-28)29-18-22-31(52-7)23-19-29/h11-23,25-26,32,34-35,39H,24H2,1-10H3,(H-,44,45,46,48,49)/p+1/t32-,34-,35-,39-/m1/s1. The Morgan fingerprint density at radius 3 is 2.02 bits per heavy atom. The van der Waals surface area contributed by atoms with Crippen LogP contribution in [0, 0.1) is 5.92 Å². The number of anilines is 1. The predicted molar refractivity (Wildman–Crippen MR) is 225 cm³/mol. The number of fused-ring (bicyclic) bond motifs is 1. The van der Waals surface area contributed by atoms with Crippen molar-refractivity contribution in [3.05, 3.63) is 112 Å². The second-order valence-corrected chi connectivity index (χ2v) is 21.9. The van der Waals surface area contributed by atoms with Crippen molar-refractivity contribution in [1.29, 1.82) is 0 Å². The third kappa shape index (κ3) is 9.04. The van der Waals surface area contributed by atoms with E-state index >= 15 is 0 Å². The Bertz CT molecular complexity index is 2250. The first-order valence-electron chi connectivity index (χ1n) is 19.3. The summed E-state index contributed by atoms with van der Waals surface area (Å²) in [7, 11) is -0.796. The summed E-state index contributed by atoms with van der Waals surface area (Å²) in [6.45, 7) is 13.8. The van der Waals surface area contributed by atoms with Gasteiger partial charge in [-0.1, -0.05) is 89.2 Å². The van der Waals surface area contributed by atoms with Crippen molar-refractivity contribution in [2.24, 2.45) is 5.92 Å². The van der Waals surface area contributed by atoms with Gasteiger partial charge in [0.15, 0.2) is 31.8 Å². The van der Waals surface area contributed by atoms with Crippen molar-refractivity contribution in [3.63, 3.8) is 0 Å². The van der Waals surface area contributed by atoms with Gasteiger partial charge in [0.1, 0.15) is 29.3 Å². The molecule has 1 saturated heterocycles. The number of nitrogens with one attached hydrogen (secondary N) is 2. The Morgan fingerprint density at radius 2 is 1.49 bits per heavy atom. The third-order valence-corrected chi connectivity index (χ3v) is 16.2. The molecule has 2 N–H and O–H groups in total. The number of hydrogen-bond donors (Lipinski definition) is 2. The van der Waals surface area contributed by atoms with E-state index in [9.17, 15) is 14.2 Å². The van der Waals surface area contributed by atoms with Gasteiger partial charge in [-0.3, -0.25) is 24.5 Å². The number of nitrogens with zero attached hydrogens (tertiary/aromatic N) is 3. The second kappa shape index (κ2) is 17.8. The van der Waals surface area contributed by atoms with Crippen LogP contribution in [0.15, 0.2) is 90.0 Å². The zero-order valence-electron chi connectivity index (χ0n) is 35.0. The Balaban J connectivity index is 1.51. The highest BCUT2D eigenvalue weighted by Crippen LogP contribution is 2.47. The number of methoxy groups -OCH3 is 2. The van der Waals surface area contributed by atoms with E-state index in [1.165, 1.54) is 13.4 Å². The van der Waals surface area contributed by atoms with Crippen LogP contribution in [0.3, 0.4) is 0 Å². The van der Waals surface area contributed by atoms with Crippen LogP contribution in [0.4, 0.5) is 5.95 Å². The average Bonchev–Trinajstić information content (AvgIpc) is 3.79. The maximum atomic E-state index is 13.3. The summed E-state index contributed by atoms with van der Waals surface area (Å²) in [5.41, 5.74) is 0.759. The number of ether oxygens (including phenoxy) is 4. The van der Waals surface area contributed by atoms with E-state index in [2.05, 4.69) is 54.1 Å². The number of carbonyl (C=O) groups excluding carboxylic acids is 1. The zero-order chi connectivity index (χ0) is 42.7. The average molecular weight is 847 g/mol. The highest BCUT2D eigenvalue weighted by atomic mass is 31.1. The van der Waals surface area contributed by atoms with Crippen molar-refractivity contribution >= 4 is 39.6 Å². The minimum atomic E-state index is -2.66. The molecule has 17 heteroatoms. The van der Waals surface area contributed by atoms with Gasteiger partial charge in [-0.05, 0) is 59.1 Å². The lowest BCUT2D eigenvalue weighted by Crippen LogP contribution is -2.49. The fraction of sp³-hybridized carbons (Fsp3) is 0.429. The molecule has 3 heterocycles. The Morgan fingerprint density at radius 1 is 0.915 bits per heavy atom. The van der Waals surface area contributed by atoms with Crippen molar-refractivity contribution < 1.29 is 41.8 Å². The van der Waals surface area contributed by atoms with Gasteiger partial charge in [-0.15, -0.1) is 9.05 Å². The molecule has 0 aliphatic carbocycles. The summed E-state index contributed by atoms with van der Waals surface area (Å²) in [5.74, 6) is 0.578. The minimum Gasteiger partial charge on any atom is -0.497 e. The number of aromatic amines is 1. The molecule has 0 spiro atoms. The van der Waals surface area contributed by atoms with E-state index in [1.54, 1.807) is 32.6 Å². The van der Waals surface area contributed by atoms with Crippen molar-refractivity contribution in [3.8, 4) is 11.5 Å². The quantitative estimate of drug-likeness (QED) is 0.0563. The van der Waals surface area contributed by atoms with Crippen LogP contribution in [-0.2, 0) is 37.9 Å². The van der Waals surface area contributed by atoms with Crippen molar-refractivity contribution in [2.45, 2.75) is 82.9 Å². The van der Waals surface area contributed by atoms with Crippen LogP contribution in [-0.4, -0.2) is 80.0 Å². The number of benzene rings is 3. The molecule has 0 bridgehead atoms. The molecule has 3 aromatic carbocycles. The summed E-state index contributed by atoms with van der Waals surface area (Å²) in [6, 6.07) is 25.1. The molecular weight excluding hydrogens is 794 g/mol. The van der Waals surface area contributed by atoms with E-state index in [4.69, 9.17) is 32.4 Å². The highest BCUT2D eigenvalue weighted by molar-refractivity contribution is 7.33. The second-order valence-electron chi connectivity index (χ2n) is 16.1. The lowest BCUT2D eigenvalue weighted by Gasteiger charge is -2.40. The fourth-order valence-corrected chi connectivity index (χ4v) is 8.52. The number of amides is 1. The lowest BCUT2D eigenvalue weighted by molar-refractivity contribution is -0.118. The van der Waals surface area contributed by atoms with Gasteiger partial charge >= 0.3 is 8.25 Å². The summed E-state index contributed by atoms with van der Waals surface area (Å²) in [4.78, 5) is 37.6. The van der Waals surface area contributed by atoms with Crippen LogP contribution in [0.1, 0.15) is 57.5 Å². The molecule has 0 radical (unpaired) electrons. The normalized spacial score (nSPS) is 18.9. The molecule has 2 aromatic heterocycles. The van der Waals surface area contributed by atoms with Gasteiger partial charge in [0.2, 0.25) is 11.9 Å². The molecule has 1 aliphatic heterocycles. The highest BCUT2D eigenvalue weighted by Gasteiger charge is 2.56. The molecule has 15 nitrogen and oxygen atoms in total. The van der Waals surface area contributed by atoms with Gasteiger partial charge in [0.05, 0.1) is 34.3 Å². The van der Waals surface area contributed by atoms with Crippen LogP contribution >= 0.6 is 8.25 Å². The Kier molecular flexibility index (Phi) is 13.2. The van der Waals surface area contributed by atoms with Gasteiger partial charge in [0, 0.05) is 10.5 Å². The molecule has 314 valence electrons. The molecule has 1 amide bonds. The molecule has 5 atom stereocenters. The molecule has 1 unspecified atom stereocenters. The number of H-pyrrole nitrogens is 1. The largest absolute Gasteiger partial charge is 0.697 e. The molecule has 0 saturated carbocycles. The predicted octanol–water partition coefficient (Wildman–Crippen LogP) is 7.72. The number of hydrogen-bond acceptors (Lipinski definition) is 12.